The summed E-state index contributed by atoms with van der Waals surface area (Å²) < 4.78 is 22.9. The van der Waals surface area contributed by atoms with Gasteiger partial charge in [0.05, 0.1) is 4.90 Å². The maximum atomic E-state index is 11.5. The monoisotopic (exact) mass is 531 g/mol. The van der Waals surface area contributed by atoms with Crippen LogP contribution in [0.5, 0.6) is 0 Å². The molecule has 160 valence electrons. The number of rotatable bonds is 8. The molecule has 0 radical (unpaired) electrons. The van der Waals surface area contributed by atoms with Gasteiger partial charge in [-0.3, -0.25) is 4.99 Å². The molecule has 2 aromatic carbocycles. The van der Waals surface area contributed by atoms with Crippen LogP contribution in [-0.2, 0) is 16.6 Å². The molecule has 0 aliphatic carbocycles. The molecule has 0 fully saturated rings. The van der Waals surface area contributed by atoms with E-state index in [0.717, 1.165) is 25.2 Å². The van der Waals surface area contributed by atoms with Gasteiger partial charge in [0, 0.05) is 38.9 Å². The van der Waals surface area contributed by atoms with Crippen LogP contribution in [0.3, 0.4) is 0 Å². The summed E-state index contributed by atoms with van der Waals surface area (Å²) in [6.07, 6.45) is 0. The quantitative estimate of drug-likeness (QED) is 0.276. The molecule has 0 bridgehead atoms. The molecular formula is C20H30IN5O2S. The lowest BCUT2D eigenvalue weighted by Crippen LogP contribution is -2.41. The molecule has 0 spiro atoms. The van der Waals surface area contributed by atoms with E-state index in [1.165, 1.54) is 17.3 Å². The molecule has 9 heteroatoms. The van der Waals surface area contributed by atoms with E-state index < -0.39 is 10.0 Å². The number of aliphatic imine (C=N–C) groups is 1. The molecule has 0 atom stereocenters. The van der Waals surface area contributed by atoms with Crippen LogP contribution in [0.1, 0.15) is 18.1 Å². The van der Waals surface area contributed by atoms with E-state index in [-0.39, 0.29) is 28.9 Å². The third-order valence-electron chi connectivity index (χ3n) is 4.33. The summed E-state index contributed by atoms with van der Waals surface area (Å²) in [5.41, 5.74) is 3.25. The number of likely N-dealkylation sites (N-methyl/N-ethyl adjacent to an activating group) is 1. The minimum Gasteiger partial charge on any atom is -0.370 e. The van der Waals surface area contributed by atoms with E-state index in [9.17, 15) is 8.42 Å². The number of nitrogens with zero attached hydrogens (tertiary/aromatic N) is 2. The van der Waals surface area contributed by atoms with Crippen molar-refractivity contribution in [2.75, 3.05) is 31.6 Å². The molecule has 0 aliphatic heterocycles. The lowest BCUT2D eigenvalue weighted by atomic mass is 10.2. The largest absolute Gasteiger partial charge is 0.370 e. The molecule has 0 heterocycles. The Morgan fingerprint density at radius 1 is 1.14 bits per heavy atom. The Balaban J connectivity index is 0.00000420. The Morgan fingerprint density at radius 2 is 1.86 bits per heavy atom. The lowest BCUT2D eigenvalue weighted by Gasteiger charge is -2.24. The van der Waals surface area contributed by atoms with Gasteiger partial charge >= 0.3 is 0 Å². The molecule has 29 heavy (non-hydrogen) atoms. The Kier molecular flexibility index (Phi) is 10.4. The number of anilines is 1. The highest BCUT2D eigenvalue weighted by molar-refractivity contribution is 14.0. The first-order valence-corrected chi connectivity index (χ1v) is 10.8. The first-order chi connectivity index (χ1) is 13.3. The number of hydrogen-bond acceptors (Lipinski definition) is 4. The normalized spacial score (nSPS) is 11.5. The van der Waals surface area contributed by atoms with Crippen LogP contribution < -0.4 is 20.7 Å². The Morgan fingerprint density at radius 3 is 2.48 bits per heavy atom. The van der Waals surface area contributed by atoms with Gasteiger partial charge in [0.15, 0.2) is 5.96 Å². The van der Waals surface area contributed by atoms with Gasteiger partial charge in [-0.2, -0.15) is 0 Å². The van der Waals surface area contributed by atoms with Crippen molar-refractivity contribution < 1.29 is 8.42 Å². The zero-order valence-corrected chi connectivity index (χ0v) is 20.2. The molecule has 0 saturated heterocycles. The van der Waals surface area contributed by atoms with Crippen LogP contribution in [0.25, 0.3) is 0 Å². The summed E-state index contributed by atoms with van der Waals surface area (Å²) in [6, 6.07) is 15.0. The number of primary sulfonamides is 1. The standard InChI is InChI=1S/C20H29N5O2S.HI/c1-4-25(18-9-5-7-16(2)13-18)12-11-23-20(22-3)24-15-17-8-6-10-19(14-17)28(21,26)27;/h5-10,13-14H,4,11-12,15H2,1-3H3,(H2,21,26,27)(H2,22,23,24);1H. The minimum atomic E-state index is -3.70. The molecule has 7 nitrogen and oxygen atoms in total. The van der Waals surface area contributed by atoms with Crippen LogP contribution >= 0.6 is 24.0 Å². The number of sulfonamides is 1. The Hall–Kier alpha value is -1.85. The van der Waals surface area contributed by atoms with Gasteiger partial charge in [0.1, 0.15) is 0 Å². The van der Waals surface area contributed by atoms with E-state index in [4.69, 9.17) is 5.14 Å². The van der Waals surface area contributed by atoms with E-state index >= 15 is 0 Å². The van der Waals surface area contributed by atoms with Gasteiger partial charge in [-0.15, -0.1) is 24.0 Å². The van der Waals surface area contributed by atoms with E-state index in [2.05, 4.69) is 58.6 Å². The second kappa shape index (κ2) is 12.0. The summed E-state index contributed by atoms with van der Waals surface area (Å²) in [7, 11) is -2.00. The number of nitrogens with one attached hydrogen (secondary N) is 2. The molecule has 0 unspecified atom stereocenters. The third-order valence-corrected chi connectivity index (χ3v) is 5.24. The SMILES string of the molecule is CCN(CCNC(=NC)NCc1cccc(S(N)(=O)=O)c1)c1cccc(C)c1.I. The van der Waals surface area contributed by atoms with Crippen molar-refractivity contribution in [1.29, 1.82) is 0 Å². The number of hydrogen-bond donors (Lipinski definition) is 3. The summed E-state index contributed by atoms with van der Waals surface area (Å²) in [4.78, 5) is 6.61. The minimum absolute atomic E-state index is 0. The highest BCUT2D eigenvalue weighted by Gasteiger charge is 2.08. The zero-order valence-electron chi connectivity index (χ0n) is 17.1. The second-order valence-electron chi connectivity index (χ2n) is 6.46. The average molecular weight is 531 g/mol. The molecule has 2 rings (SSSR count). The fourth-order valence-electron chi connectivity index (χ4n) is 2.84. The predicted octanol–water partition coefficient (Wildman–Crippen LogP) is 2.45. The summed E-state index contributed by atoms with van der Waals surface area (Å²) in [5.74, 6) is 0.654. The van der Waals surface area contributed by atoms with Gasteiger partial charge < -0.3 is 15.5 Å². The third kappa shape index (κ3) is 8.19. The number of aryl methyl sites for hydroxylation is 1. The van der Waals surface area contributed by atoms with E-state index in [0.29, 0.717) is 12.5 Å². The average Bonchev–Trinajstić information content (AvgIpc) is 2.67. The topological polar surface area (TPSA) is 99.8 Å². The van der Waals surface area contributed by atoms with Gasteiger partial charge in [-0.05, 0) is 49.2 Å². The number of benzene rings is 2. The van der Waals surface area contributed by atoms with Crippen LogP contribution in [-0.4, -0.2) is 41.1 Å². The number of guanidine groups is 1. The molecular weight excluding hydrogens is 501 g/mol. The zero-order chi connectivity index (χ0) is 20.6. The van der Waals surface area contributed by atoms with Crippen LogP contribution in [0.2, 0.25) is 0 Å². The van der Waals surface area contributed by atoms with Crippen molar-refractivity contribution in [3.05, 3.63) is 59.7 Å². The number of nitrogens with two attached hydrogens (primary N) is 1. The molecule has 0 amide bonds. The van der Waals surface area contributed by atoms with Gasteiger partial charge in [-0.1, -0.05) is 24.3 Å². The molecule has 0 aliphatic rings. The fraction of sp³-hybridized carbons (Fsp3) is 0.350. The van der Waals surface area contributed by atoms with Crippen molar-refractivity contribution in [3.63, 3.8) is 0 Å². The van der Waals surface area contributed by atoms with Crippen molar-refractivity contribution >= 4 is 45.6 Å². The van der Waals surface area contributed by atoms with Gasteiger partial charge in [0.2, 0.25) is 10.0 Å². The second-order valence-corrected chi connectivity index (χ2v) is 8.03. The van der Waals surface area contributed by atoms with Gasteiger partial charge in [0.25, 0.3) is 0 Å². The molecule has 0 saturated carbocycles. The lowest BCUT2D eigenvalue weighted by molar-refractivity contribution is 0.597. The van der Waals surface area contributed by atoms with Crippen molar-refractivity contribution in [2.45, 2.75) is 25.3 Å². The first kappa shape index (κ1) is 25.2. The molecule has 0 aromatic heterocycles. The first-order valence-electron chi connectivity index (χ1n) is 9.21. The molecule has 2 aromatic rings. The predicted molar refractivity (Wildman–Crippen MR) is 130 cm³/mol. The Labute approximate surface area is 190 Å². The van der Waals surface area contributed by atoms with Crippen LogP contribution in [0.15, 0.2) is 58.4 Å². The highest BCUT2D eigenvalue weighted by atomic mass is 127. The molecule has 4 N–H and O–H groups in total. The maximum Gasteiger partial charge on any atom is 0.238 e. The van der Waals surface area contributed by atoms with Crippen molar-refractivity contribution in [3.8, 4) is 0 Å². The summed E-state index contributed by atoms with van der Waals surface area (Å²) >= 11 is 0. The van der Waals surface area contributed by atoms with E-state index in [1.54, 1.807) is 19.2 Å². The van der Waals surface area contributed by atoms with Crippen molar-refractivity contribution in [2.24, 2.45) is 10.1 Å². The smallest absolute Gasteiger partial charge is 0.238 e. The fourth-order valence-corrected chi connectivity index (χ4v) is 3.43. The van der Waals surface area contributed by atoms with Gasteiger partial charge in [-0.25, -0.2) is 13.6 Å². The summed E-state index contributed by atoms with van der Waals surface area (Å²) in [5, 5.41) is 11.7. The summed E-state index contributed by atoms with van der Waals surface area (Å²) in [6.45, 7) is 7.14. The Bertz CT molecular complexity index is 919. The van der Waals surface area contributed by atoms with E-state index in [1.807, 2.05) is 6.07 Å². The number of halogens is 1. The van der Waals surface area contributed by atoms with Crippen LogP contribution in [0.4, 0.5) is 5.69 Å². The van der Waals surface area contributed by atoms with Crippen LogP contribution in [0, 0.1) is 6.92 Å². The highest BCUT2D eigenvalue weighted by Crippen LogP contribution is 2.15. The van der Waals surface area contributed by atoms with Crippen molar-refractivity contribution in [1.82, 2.24) is 10.6 Å². The maximum absolute atomic E-state index is 11.5.